The van der Waals surface area contributed by atoms with Gasteiger partial charge in [-0.25, -0.2) is 0 Å². The monoisotopic (exact) mass is 345 g/mol. The Hall–Kier alpha value is -3.00. The van der Waals surface area contributed by atoms with Crippen LogP contribution in [-0.4, -0.2) is 34.8 Å². The van der Waals surface area contributed by atoms with Crippen LogP contribution in [0.2, 0.25) is 0 Å². The summed E-state index contributed by atoms with van der Waals surface area (Å²) in [5, 5.41) is 15.1. The Morgan fingerprint density at radius 2 is 2.04 bits per heavy atom. The van der Waals surface area contributed by atoms with Crippen LogP contribution in [0.4, 0.5) is 5.69 Å². The summed E-state index contributed by atoms with van der Waals surface area (Å²) in [5.41, 5.74) is 1.19. The largest absolute Gasteiger partial charge is 0.454 e. The van der Waals surface area contributed by atoms with Gasteiger partial charge in [-0.3, -0.25) is 9.59 Å². The fourth-order valence-electron chi connectivity index (χ4n) is 2.53. The van der Waals surface area contributed by atoms with Crippen molar-refractivity contribution in [2.45, 2.75) is 12.5 Å². The number of anilines is 1. The number of rotatable bonds is 5. The van der Waals surface area contributed by atoms with Crippen LogP contribution in [0.15, 0.2) is 36.5 Å². The number of aryl methyl sites for hydroxylation is 1. The van der Waals surface area contributed by atoms with Crippen molar-refractivity contribution in [2.75, 3.05) is 18.7 Å². The molecule has 0 radical (unpaired) electrons. The molecular weight excluding hydrogens is 326 g/mol. The summed E-state index contributed by atoms with van der Waals surface area (Å²) in [5.74, 6) is -0.440. The number of fused-ring (bicyclic) bond motifs is 1. The molecule has 0 spiro atoms. The number of aliphatic hydroxyl groups is 1. The van der Waals surface area contributed by atoms with Crippen molar-refractivity contribution in [3.05, 3.63) is 42.2 Å². The minimum Gasteiger partial charge on any atom is -0.454 e. The first-order valence-electron chi connectivity index (χ1n) is 7.82. The number of benzene rings is 1. The number of ether oxygens (including phenoxy) is 2. The van der Waals surface area contributed by atoms with Crippen molar-refractivity contribution in [3.8, 4) is 11.5 Å². The zero-order valence-electron chi connectivity index (χ0n) is 13.7. The molecule has 0 unspecified atom stereocenters. The van der Waals surface area contributed by atoms with E-state index >= 15 is 0 Å². The Morgan fingerprint density at radius 3 is 2.80 bits per heavy atom. The van der Waals surface area contributed by atoms with E-state index in [-0.39, 0.29) is 13.3 Å². The van der Waals surface area contributed by atoms with Crippen molar-refractivity contribution in [2.24, 2.45) is 7.05 Å². The molecule has 0 fully saturated rings. The van der Waals surface area contributed by atoms with Gasteiger partial charge in [0, 0.05) is 37.2 Å². The summed E-state index contributed by atoms with van der Waals surface area (Å²) in [6.45, 7) is 0.316. The third-order valence-corrected chi connectivity index (χ3v) is 3.87. The third kappa shape index (κ3) is 3.92. The van der Waals surface area contributed by atoms with E-state index in [0.717, 1.165) is 5.69 Å². The normalized spacial score (nSPS) is 13.4. The average Bonchev–Trinajstić information content (AvgIpc) is 3.22. The van der Waals surface area contributed by atoms with Gasteiger partial charge in [0.1, 0.15) is 0 Å². The lowest BCUT2D eigenvalue weighted by Gasteiger charge is -2.12. The topological polar surface area (TPSA) is 102 Å². The van der Waals surface area contributed by atoms with Gasteiger partial charge in [-0.15, -0.1) is 0 Å². The fourth-order valence-corrected chi connectivity index (χ4v) is 2.53. The first-order chi connectivity index (χ1) is 12.0. The molecule has 1 aromatic carbocycles. The molecule has 25 heavy (non-hydrogen) atoms. The zero-order chi connectivity index (χ0) is 17.8. The number of amides is 2. The Balaban J connectivity index is 1.46. The van der Waals surface area contributed by atoms with Crippen molar-refractivity contribution in [3.63, 3.8) is 0 Å². The molecule has 1 aliphatic rings. The van der Waals surface area contributed by atoms with Gasteiger partial charge in [0.05, 0.1) is 6.10 Å². The summed E-state index contributed by atoms with van der Waals surface area (Å²) in [7, 11) is 1.83. The standard InChI is InChI=1S/C17H19N3O5/c1-20-8-2-3-12(20)13(21)6-7-18-16(22)17(23)19-11-4-5-14-15(9-11)25-10-24-14/h2-5,8-9,13,21H,6-7,10H2,1H3,(H,18,22)(H,19,23)/t13-/m1/s1. The predicted octanol–water partition coefficient (Wildman–Crippen LogP) is 0.932. The van der Waals surface area contributed by atoms with Gasteiger partial charge in [0.25, 0.3) is 0 Å². The van der Waals surface area contributed by atoms with Gasteiger partial charge in [0.15, 0.2) is 11.5 Å². The molecule has 2 aromatic rings. The molecule has 1 aromatic heterocycles. The number of nitrogens with zero attached hydrogens (tertiary/aromatic N) is 1. The van der Waals surface area contributed by atoms with E-state index in [1.165, 1.54) is 0 Å². The van der Waals surface area contributed by atoms with Crippen LogP contribution in [-0.2, 0) is 16.6 Å². The average molecular weight is 345 g/mol. The smallest absolute Gasteiger partial charge is 0.313 e. The molecule has 8 nitrogen and oxygen atoms in total. The lowest BCUT2D eigenvalue weighted by molar-refractivity contribution is -0.136. The van der Waals surface area contributed by atoms with Gasteiger partial charge < -0.3 is 29.8 Å². The zero-order valence-corrected chi connectivity index (χ0v) is 13.7. The highest BCUT2D eigenvalue weighted by atomic mass is 16.7. The summed E-state index contributed by atoms with van der Waals surface area (Å²) in [6, 6.07) is 8.51. The highest BCUT2D eigenvalue weighted by molar-refractivity contribution is 6.39. The van der Waals surface area contributed by atoms with Gasteiger partial charge in [0.2, 0.25) is 6.79 Å². The van der Waals surface area contributed by atoms with Crippen LogP contribution in [0.3, 0.4) is 0 Å². The van der Waals surface area contributed by atoms with E-state index in [2.05, 4.69) is 10.6 Å². The number of aromatic nitrogens is 1. The first-order valence-corrected chi connectivity index (χ1v) is 7.82. The maximum absolute atomic E-state index is 11.9. The van der Waals surface area contributed by atoms with E-state index < -0.39 is 17.9 Å². The predicted molar refractivity (Wildman–Crippen MR) is 89.2 cm³/mol. The lowest BCUT2D eigenvalue weighted by Crippen LogP contribution is -2.36. The summed E-state index contributed by atoms with van der Waals surface area (Å²) in [4.78, 5) is 23.8. The van der Waals surface area contributed by atoms with Crippen LogP contribution >= 0.6 is 0 Å². The second kappa shape index (κ2) is 7.27. The Labute approximate surface area is 144 Å². The molecule has 1 atom stereocenters. The van der Waals surface area contributed by atoms with Gasteiger partial charge >= 0.3 is 11.8 Å². The fraction of sp³-hybridized carbons (Fsp3) is 0.294. The molecule has 132 valence electrons. The van der Waals surface area contributed by atoms with Crippen molar-refractivity contribution in [1.82, 2.24) is 9.88 Å². The summed E-state index contributed by atoms with van der Waals surface area (Å²) >= 11 is 0. The van der Waals surface area contributed by atoms with E-state index in [0.29, 0.717) is 23.6 Å². The van der Waals surface area contributed by atoms with Crippen LogP contribution in [0.25, 0.3) is 0 Å². The second-order valence-electron chi connectivity index (χ2n) is 5.63. The van der Waals surface area contributed by atoms with Crippen molar-refractivity contribution < 1.29 is 24.2 Å². The number of carbonyl (C=O) groups excluding carboxylic acids is 2. The summed E-state index contributed by atoms with van der Waals surface area (Å²) in [6.07, 6.45) is 1.42. The Kier molecular flexibility index (Phi) is 4.90. The quantitative estimate of drug-likeness (QED) is 0.700. The van der Waals surface area contributed by atoms with Gasteiger partial charge in [-0.2, -0.15) is 0 Å². The number of carbonyl (C=O) groups is 2. The van der Waals surface area contributed by atoms with Crippen LogP contribution in [0.1, 0.15) is 18.2 Å². The molecule has 0 saturated heterocycles. The molecule has 0 bridgehead atoms. The van der Waals surface area contributed by atoms with E-state index in [1.54, 1.807) is 28.8 Å². The molecule has 2 heterocycles. The second-order valence-corrected chi connectivity index (χ2v) is 5.63. The maximum Gasteiger partial charge on any atom is 0.313 e. The maximum atomic E-state index is 11.9. The Morgan fingerprint density at radius 1 is 1.24 bits per heavy atom. The molecule has 1 aliphatic heterocycles. The van der Waals surface area contributed by atoms with E-state index in [1.807, 2.05) is 19.3 Å². The van der Waals surface area contributed by atoms with E-state index in [4.69, 9.17) is 9.47 Å². The van der Waals surface area contributed by atoms with Crippen LogP contribution in [0, 0.1) is 0 Å². The first kappa shape index (κ1) is 16.8. The molecule has 3 N–H and O–H groups in total. The van der Waals surface area contributed by atoms with E-state index in [9.17, 15) is 14.7 Å². The molecule has 0 saturated carbocycles. The highest BCUT2D eigenvalue weighted by Crippen LogP contribution is 2.34. The molecule has 8 heteroatoms. The third-order valence-electron chi connectivity index (χ3n) is 3.87. The van der Waals surface area contributed by atoms with Gasteiger partial charge in [-0.05, 0) is 30.7 Å². The molecule has 0 aliphatic carbocycles. The minimum atomic E-state index is -0.785. The number of aliphatic hydroxyl groups excluding tert-OH is 1. The lowest BCUT2D eigenvalue weighted by atomic mass is 10.2. The van der Waals surface area contributed by atoms with Crippen molar-refractivity contribution >= 4 is 17.5 Å². The summed E-state index contributed by atoms with van der Waals surface area (Å²) < 4.78 is 12.2. The number of nitrogens with one attached hydrogen (secondary N) is 2. The Bertz CT molecular complexity index is 786. The molecule has 2 amide bonds. The molecular formula is C17H19N3O5. The SMILES string of the molecule is Cn1cccc1[C@H](O)CCNC(=O)C(=O)Nc1ccc2c(c1)OCO2. The minimum absolute atomic E-state index is 0.136. The highest BCUT2D eigenvalue weighted by Gasteiger charge is 2.18. The van der Waals surface area contributed by atoms with Crippen molar-refractivity contribution in [1.29, 1.82) is 0 Å². The number of hydrogen-bond acceptors (Lipinski definition) is 5. The van der Waals surface area contributed by atoms with Crippen LogP contribution in [0.5, 0.6) is 11.5 Å². The van der Waals surface area contributed by atoms with Gasteiger partial charge in [-0.1, -0.05) is 0 Å². The van der Waals surface area contributed by atoms with Crippen LogP contribution < -0.4 is 20.1 Å². The molecule has 3 rings (SSSR count). The number of hydrogen-bond donors (Lipinski definition) is 3.